The van der Waals surface area contributed by atoms with E-state index in [1.165, 1.54) is 0 Å². The highest BCUT2D eigenvalue weighted by atomic mass is 16.5. The van der Waals surface area contributed by atoms with Crippen LogP contribution in [0.5, 0.6) is 5.75 Å². The van der Waals surface area contributed by atoms with Crippen LogP contribution >= 0.6 is 0 Å². The van der Waals surface area contributed by atoms with Gasteiger partial charge in [0.2, 0.25) is 5.91 Å². The average Bonchev–Trinajstić information content (AvgIpc) is 2.43. The Balaban J connectivity index is 2.00. The van der Waals surface area contributed by atoms with E-state index in [-0.39, 0.29) is 24.3 Å². The number of ether oxygens (including phenoxy) is 1. The van der Waals surface area contributed by atoms with Crippen LogP contribution in [0.3, 0.4) is 0 Å². The lowest BCUT2D eigenvalue weighted by atomic mass is 10.1. The van der Waals surface area contributed by atoms with Gasteiger partial charge in [0.1, 0.15) is 5.75 Å². The van der Waals surface area contributed by atoms with Crippen LogP contribution in [-0.2, 0) is 16.0 Å². The largest absolute Gasteiger partial charge is 0.482 e. The first-order valence-electron chi connectivity index (χ1n) is 6.79. The molecule has 0 bridgehead atoms. The highest BCUT2D eigenvalue weighted by molar-refractivity contribution is 5.97. The van der Waals surface area contributed by atoms with Gasteiger partial charge in [0, 0.05) is 19.5 Å². The zero-order valence-corrected chi connectivity index (χ0v) is 12.1. The van der Waals surface area contributed by atoms with Crippen molar-refractivity contribution in [2.45, 2.75) is 20.3 Å². The summed E-state index contributed by atoms with van der Waals surface area (Å²) in [6, 6.07) is 5.77. The van der Waals surface area contributed by atoms with E-state index in [0.717, 1.165) is 23.4 Å². The van der Waals surface area contributed by atoms with Gasteiger partial charge in [0.25, 0.3) is 5.91 Å². The molecule has 0 aromatic heterocycles. The van der Waals surface area contributed by atoms with Gasteiger partial charge in [0.15, 0.2) is 6.61 Å². The van der Waals surface area contributed by atoms with Gasteiger partial charge in [-0.1, -0.05) is 19.9 Å². The van der Waals surface area contributed by atoms with E-state index >= 15 is 0 Å². The maximum Gasteiger partial charge on any atom is 0.264 e. The number of hydrogen-bond donors (Lipinski definition) is 1. The Morgan fingerprint density at radius 2 is 2.20 bits per heavy atom. The Kier molecular flexibility index (Phi) is 4.27. The van der Waals surface area contributed by atoms with Gasteiger partial charge in [-0.15, -0.1) is 0 Å². The van der Waals surface area contributed by atoms with E-state index in [9.17, 15) is 9.59 Å². The van der Waals surface area contributed by atoms with Crippen LogP contribution in [0, 0.1) is 5.92 Å². The van der Waals surface area contributed by atoms with Gasteiger partial charge >= 0.3 is 0 Å². The predicted octanol–water partition coefficient (Wildman–Crippen LogP) is 1.36. The third-order valence-electron chi connectivity index (χ3n) is 3.35. The van der Waals surface area contributed by atoms with Crippen LogP contribution in [0.4, 0.5) is 5.69 Å². The van der Waals surface area contributed by atoms with Crippen molar-refractivity contribution in [2.24, 2.45) is 5.92 Å². The number of likely N-dealkylation sites (N-methyl/N-ethyl adjacent to an activating group) is 1. The number of carbonyl (C=O) groups excluding carboxylic acids is 2. The molecule has 5 heteroatoms. The molecule has 1 aliphatic rings. The van der Waals surface area contributed by atoms with Gasteiger partial charge < -0.3 is 15.0 Å². The van der Waals surface area contributed by atoms with Gasteiger partial charge in [-0.2, -0.15) is 0 Å². The van der Waals surface area contributed by atoms with Crippen molar-refractivity contribution in [3.8, 4) is 5.75 Å². The molecule has 0 atom stereocenters. The van der Waals surface area contributed by atoms with E-state index in [1.807, 2.05) is 32.0 Å². The van der Waals surface area contributed by atoms with Crippen LogP contribution in [0.1, 0.15) is 19.4 Å². The van der Waals surface area contributed by atoms with Gasteiger partial charge in [-0.3, -0.25) is 9.59 Å². The Morgan fingerprint density at radius 1 is 1.45 bits per heavy atom. The maximum atomic E-state index is 11.6. The number of benzene rings is 1. The summed E-state index contributed by atoms with van der Waals surface area (Å²) in [7, 11) is 1.74. The second-order valence-corrected chi connectivity index (χ2v) is 5.24. The molecule has 2 amide bonds. The fourth-order valence-electron chi connectivity index (χ4n) is 2.01. The van der Waals surface area contributed by atoms with E-state index < -0.39 is 0 Å². The Bertz CT molecular complexity index is 526. The van der Waals surface area contributed by atoms with Crippen LogP contribution < -0.4 is 15.0 Å². The van der Waals surface area contributed by atoms with E-state index in [2.05, 4.69) is 5.32 Å². The topological polar surface area (TPSA) is 58.6 Å². The standard InChI is InChI=1S/C15H20N2O3/c1-10(2)15(19)16-7-6-11-4-5-13-12(8-11)17(3)14(18)9-20-13/h4-5,8,10H,6-7,9H2,1-3H3,(H,16,19). The summed E-state index contributed by atoms with van der Waals surface area (Å²) in [5.74, 6) is 0.721. The highest BCUT2D eigenvalue weighted by Gasteiger charge is 2.22. The van der Waals surface area contributed by atoms with Crippen LogP contribution in [0.15, 0.2) is 18.2 Å². The lowest BCUT2D eigenvalue weighted by molar-refractivity contribution is -0.124. The van der Waals surface area contributed by atoms with Crippen molar-refractivity contribution in [1.82, 2.24) is 5.32 Å². The zero-order chi connectivity index (χ0) is 14.7. The third-order valence-corrected chi connectivity index (χ3v) is 3.35. The van der Waals surface area contributed by atoms with E-state index in [1.54, 1.807) is 11.9 Å². The lowest BCUT2D eigenvalue weighted by Gasteiger charge is -2.26. The Morgan fingerprint density at radius 3 is 2.90 bits per heavy atom. The number of amides is 2. The minimum Gasteiger partial charge on any atom is -0.482 e. The summed E-state index contributed by atoms with van der Waals surface area (Å²) in [4.78, 5) is 24.7. The van der Waals surface area contributed by atoms with Crippen molar-refractivity contribution in [3.63, 3.8) is 0 Å². The molecule has 1 aromatic carbocycles. The summed E-state index contributed by atoms with van der Waals surface area (Å²) in [6.45, 7) is 4.42. The molecule has 0 unspecified atom stereocenters. The second kappa shape index (κ2) is 5.94. The molecule has 2 rings (SSSR count). The summed E-state index contributed by atoms with van der Waals surface area (Å²) in [5.41, 5.74) is 1.85. The number of carbonyl (C=O) groups is 2. The van der Waals surface area contributed by atoms with Gasteiger partial charge in [0.05, 0.1) is 5.69 Å². The molecule has 0 radical (unpaired) electrons. The molecule has 0 aliphatic carbocycles. The van der Waals surface area contributed by atoms with E-state index in [4.69, 9.17) is 4.74 Å². The predicted molar refractivity (Wildman–Crippen MR) is 76.9 cm³/mol. The molecular formula is C15H20N2O3. The molecule has 0 spiro atoms. The number of hydrogen-bond acceptors (Lipinski definition) is 3. The number of nitrogens with one attached hydrogen (secondary N) is 1. The van der Waals surface area contributed by atoms with Crippen LogP contribution in [0.25, 0.3) is 0 Å². The average molecular weight is 276 g/mol. The normalized spacial score (nSPS) is 14.0. The first kappa shape index (κ1) is 14.4. The second-order valence-electron chi connectivity index (χ2n) is 5.24. The van der Waals surface area contributed by atoms with Crippen molar-refractivity contribution in [3.05, 3.63) is 23.8 Å². The molecule has 0 fully saturated rings. The number of rotatable bonds is 4. The zero-order valence-electron chi connectivity index (χ0n) is 12.1. The molecule has 0 saturated heterocycles. The van der Waals surface area contributed by atoms with Crippen molar-refractivity contribution >= 4 is 17.5 Å². The molecule has 20 heavy (non-hydrogen) atoms. The van der Waals surface area contributed by atoms with Crippen LogP contribution in [-0.4, -0.2) is 32.0 Å². The Labute approximate surface area is 118 Å². The first-order valence-corrected chi connectivity index (χ1v) is 6.79. The number of fused-ring (bicyclic) bond motifs is 1. The number of nitrogens with zero attached hydrogens (tertiary/aromatic N) is 1. The quantitative estimate of drug-likeness (QED) is 0.903. The molecule has 1 heterocycles. The molecule has 0 saturated carbocycles. The minimum atomic E-state index is -0.0530. The van der Waals surface area contributed by atoms with Crippen molar-refractivity contribution in [1.29, 1.82) is 0 Å². The fraction of sp³-hybridized carbons (Fsp3) is 0.467. The fourth-order valence-corrected chi connectivity index (χ4v) is 2.01. The molecular weight excluding hydrogens is 256 g/mol. The summed E-state index contributed by atoms with van der Waals surface area (Å²) < 4.78 is 5.37. The summed E-state index contributed by atoms with van der Waals surface area (Å²) in [6.07, 6.45) is 0.730. The van der Waals surface area contributed by atoms with E-state index in [0.29, 0.717) is 6.54 Å². The molecule has 1 aliphatic heterocycles. The van der Waals surface area contributed by atoms with Gasteiger partial charge in [-0.25, -0.2) is 0 Å². The minimum absolute atomic E-state index is 0.00399. The van der Waals surface area contributed by atoms with Gasteiger partial charge in [-0.05, 0) is 24.1 Å². The maximum absolute atomic E-state index is 11.6. The smallest absolute Gasteiger partial charge is 0.264 e. The summed E-state index contributed by atoms with van der Waals surface area (Å²) >= 11 is 0. The Hall–Kier alpha value is -2.04. The summed E-state index contributed by atoms with van der Waals surface area (Å²) in [5, 5.41) is 2.88. The SMILES string of the molecule is CC(C)C(=O)NCCc1ccc2c(c1)N(C)C(=O)CO2. The lowest BCUT2D eigenvalue weighted by Crippen LogP contribution is -2.35. The molecule has 1 aromatic rings. The number of anilines is 1. The third kappa shape index (κ3) is 3.10. The molecule has 5 nitrogen and oxygen atoms in total. The van der Waals surface area contributed by atoms with Crippen molar-refractivity contribution in [2.75, 3.05) is 25.1 Å². The molecule has 1 N–H and O–H groups in total. The molecule has 108 valence electrons. The first-order chi connectivity index (χ1) is 9.49. The highest BCUT2D eigenvalue weighted by Crippen LogP contribution is 2.31. The monoisotopic (exact) mass is 276 g/mol. The van der Waals surface area contributed by atoms with Crippen LogP contribution in [0.2, 0.25) is 0 Å². The van der Waals surface area contributed by atoms with Crippen molar-refractivity contribution < 1.29 is 14.3 Å².